The van der Waals surface area contributed by atoms with Gasteiger partial charge in [-0.3, -0.25) is 9.78 Å². The maximum Gasteiger partial charge on any atom is 0.254 e. The van der Waals surface area contributed by atoms with E-state index in [9.17, 15) is 4.79 Å². The lowest BCUT2D eigenvalue weighted by Crippen LogP contribution is -2.26. The Kier molecular flexibility index (Phi) is 5.10. The van der Waals surface area contributed by atoms with Crippen LogP contribution in [0.1, 0.15) is 40.5 Å². The lowest BCUT2D eigenvalue weighted by molar-refractivity contribution is 0.0953. The monoisotopic (exact) mass is 450 g/mol. The van der Waals surface area contributed by atoms with E-state index in [0.29, 0.717) is 35.9 Å². The summed E-state index contributed by atoms with van der Waals surface area (Å²) >= 11 is 0. The molecule has 0 atom stereocenters. The number of nitrogens with zero attached hydrogens (tertiary/aromatic N) is 5. The second kappa shape index (κ2) is 8.55. The molecular weight excluding hydrogens is 428 g/mol. The molecule has 0 spiro atoms. The van der Waals surface area contributed by atoms with Crippen molar-refractivity contribution >= 4 is 16.9 Å². The van der Waals surface area contributed by atoms with Crippen molar-refractivity contribution in [3.63, 3.8) is 0 Å². The van der Waals surface area contributed by atoms with Crippen LogP contribution in [0.3, 0.4) is 0 Å². The lowest BCUT2D eigenvalue weighted by Gasteiger charge is -2.09. The van der Waals surface area contributed by atoms with Crippen LogP contribution in [0.25, 0.3) is 28.4 Å². The van der Waals surface area contributed by atoms with Gasteiger partial charge in [-0.2, -0.15) is 5.10 Å². The second-order valence-corrected chi connectivity index (χ2v) is 8.35. The minimum Gasteiger partial charge on any atom is -0.454 e. The first-order valence-electron chi connectivity index (χ1n) is 11.3. The summed E-state index contributed by atoms with van der Waals surface area (Å²) in [7, 11) is 0. The van der Waals surface area contributed by atoms with Gasteiger partial charge in [0.05, 0.1) is 17.5 Å². The molecule has 8 heteroatoms. The van der Waals surface area contributed by atoms with Gasteiger partial charge < -0.3 is 9.73 Å². The van der Waals surface area contributed by atoms with E-state index in [1.807, 2.05) is 54.6 Å². The molecule has 1 aliphatic carbocycles. The number of fused-ring (bicyclic) bond motifs is 1. The Morgan fingerprint density at radius 2 is 1.94 bits per heavy atom. The molecule has 34 heavy (non-hydrogen) atoms. The number of para-hydroxylation sites is 1. The Bertz CT molecular complexity index is 1440. The van der Waals surface area contributed by atoms with E-state index >= 15 is 0 Å². The Hall–Kier alpha value is -4.33. The van der Waals surface area contributed by atoms with Crippen LogP contribution in [0.2, 0.25) is 0 Å². The van der Waals surface area contributed by atoms with Gasteiger partial charge in [0.2, 0.25) is 0 Å². The second-order valence-electron chi connectivity index (χ2n) is 8.35. The van der Waals surface area contributed by atoms with Crippen LogP contribution in [-0.4, -0.2) is 37.2 Å². The van der Waals surface area contributed by atoms with Crippen LogP contribution in [-0.2, 0) is 6.42 Å². The predicted octanol–water partition coefficient (Wildman–Crippen LogP) is 4.32. The first-order chi connectivity index (χ1) is 16.8. The third-order valence-corrected chi connectivity index (χ3v) is 5.92. The Morgan fingerprint density at radius 3 is 2.76 bits per heavy atom. The highest BCUT2D eigenvalue weighted by Gasteiger charge is 2.33. The van der Waals surface area contributed by atoms with Gasteiger partial charge >= 0.3 is 0 Å². The van der Waals surface area contributed by atoms with Crippen molar-refractivity contribution in [2.45, 2.75) is 25.2 Å². The van der Waals surface area contributed by atoms with Gasteiger partial charge in [-0.05, 0) is 43.2 Å². The number of rotatable bonds is 7. The molecule has 0 aliphatic heterocycles. The summed E-state index contributed by atoms with van der Waals surface area (Å²) in [5.74, 6) is 1.22. The molecule has 1 fully saturated rings. The van der Waals surface area contributed by atoms with E-state index < -0.39 is 0 Å². The molecule has 1 saturated carbocycles. The van der Waals surface area contributed by atoms with Crippen molar-refractivity contribution in [2.24, 2.45) is 0 Å². The van der Waals surface area contributed by atoms with Crippen molar-refractivity contribution in [1.29, 1.82) is 0 Å². The Balaban J connectivity index is 1.27. The van der Waals surface area contributed by atoms with Crippen molar-refractivity contribution in [2.75, 3.05) is 6.54 Å². The van der Waals surface area contributed by atoms with E-state index in [1.165, 1.54) is 0 Å². The maximum absolute atomic E-state index is 13.0. The SMILES string of the molecule is O=C(NCCc1ccccn1)c1cnn(-c2nccc(-c3cc4ccccc4o3)n2)c1C1CC1. The fourth-order valence-electron chi connectivity index (χ4n) is 4.08. The number of nitrogens with one attached hydrogen (secondary N) is 1. The molecule has 168 valence electrons. The number of amides is 1. The molecule has 6 rings (SSSR count). The fraction of sp³-hybridized carbons (Fsp3) is 0.192. The number of pyridine rings is 1. The van der Waals surface area contributed by atoms with Crippen LogP contribution in [0.5, 0.6) is 0 Å². The zero-order chi connectivity index (χ0) is 22.9. The number of hydrogen-bond donors (Lipinski definition) is 1. The lowest BCUT2D eigenvalue weighted by atomic mass is 10.1. The summed E-state index contributed by atoms with van der Waals surface area (Å²) in [6, 6.07) is 17.4. The van der Waals surface area contributed by atoms with Crippen molar-refractivity contribution in [1.82, 2.24) is 30.0 Å². The van der Waals surface area contributed by atoms with Crippen LogP contribution < -0.4 is 5.32 Å². The summed E-state index contributed by atoms with van der Waals surface area (Å²) in [6.07, 6.45) is 7.76. The number of hydrogen-bond acceptors (Lipinski definition) is 6. The molecule has 5 aromatic rings. The predicted molar refractivity (Wildman–Crippen MR) is 127 cm³/mol. The number of carbonyl (C=O) groups excluding carboxylic acids is 1. The van der Waals surface area contributed by atoms with Gasteiger partial charge in [-0.25, -0.2) is 14.6 Å². The standard InChI is InChI=1S/C26H22N6O2/c33-25(28-13-10-19-6-3-4-12-27-19)20-16-30-32(24(20)17-8-9-17)26-29-14-11-21(31-26)23-15-18-5-1-2-7-22(18)34-23/h1-7,11-12,14-17H,8-10,13H2,(H,28,33). The molecule has 0 radical (unpaired) electrons. The van der Waals surface area contributed by atoms with E-state index in [4.69, 9.17) is 9.40 Å². The van der Waals surface area contributed by atoms with E-state index in [1.54, 1.807) is 23.3 Å². The summed E-state index contributed by atoms with van der Waals surface area (Å²) in [4.78, 5) is 26.4. The first-order valence-corrected chi connectivity index (χ1v) is 11.3. The first kappa shape index (κ1) is 20.3. The van der Waals surface area contributed by atoms with Crippen molar-refractivity contribution in [3.8, 4) is 17.4 Å². The fourth-order valence-corrected chi connectivity index (χ4v) is 4.08. The topological polar surface area (TPSA) is 98.7 Å². The summed E-state index contributed by atoms with van der Waals surface area (Å²) in [5.41, 5.74) is 3.84. The van der Waals surface area contributed by atoms with E-state index in [2.05, 4.69) is 20.4 Å². The average molecular weight is 451 g/mol. The molecular formula is C26H22N6O2. The van der Waals surface area contributed by atoms with Gasteiger partial charge in [-0.1, -0.05) is 24.3 Å². The third-order valence-electron chi connectivity index (χ3n) is 5.92. The minimum atomic E-state index is -0.141. The van der Waals surface area contributed by atoms with Gasteiger partial charge in [0, 0.05) is 42.4 Å². The molecule has 0 bridgehead atoms. The van der Waals surface area contributed by atoms with Gasteiger partial charge in [0.25, 0.3) is 11.9 Å². The van der Waals surface area contributed by atoms with E-state index in [-0.39, 0.29) is 11.8 Å². The summed E-state index contributed by atoms with van der Waals surface area (Å²) in [5, 5.41) is 8.51. The molecule has 8 nitrogen and oxygen atoms in total. The number of carbonyl (C=O) groups is 1. The van der Waals surface area contributed by atoms with Gasteiger partial charge in [0.1, 0.15) is 11.3 Å². The molecule has 1 aromatic carbocycles. The third kappa shape index (κ3) is 3.94. The zero-order valence-corrected chi connectivity index (χ0v) is 18.4. The largest absolute Gasteiger partial charge is 0.454 e. The molecule has 1 amide bonds. The Morgan fingerprint density at radius 1 is 1.06 bits per heavy atom. The molecule has 0 unspecified atom stereocenters. The summed E-state index contributed by atoms with van der Waals surface area (Å²) in [6.45, 7) is 0.503. The minimum absolute atomic E-state index is 0.141. The van der Waals surface area contributed by atoms with Crippen LogP contribution in [0.15, 0.2) is 77.6 Å². The number of furan rings is 1. The van der Waals surface area contributed by atoms with E-state index in [0.717, 1.165) is 35.2 Å². The number of benzene rings is 1. The van der Waals surface area contributed by atoms with Crippen molar-refractivity contribution < 1.29 is 9.21 Å². The normalized spacial score (nSPS) is 13.3. The summed E-state index contributed by atoms with van der Waals surface area (Å²) < 4.78 is 7.66. The molecule has 4 aromatic heterocycles. The van der Waals surface area contributed by atoms with Crippen LogP contribution >= 0.6 is 0 Å². The molecule has 0 saturated heterocycles. The van der Waals surface area contributed by atoms with Crippen LogP contribution in [0.4, 0.5) is 0 Å². The maximum atomic E-state index is 13.0. The quantitative estimate of drug-likeness (QED) is 0.396. The Labute approximate surface area is 195 Å². The molecule has 4 heterocycles. The highest BCUT2D eigenvalue weighted by Crippen LogP contribution is 2.42. The molecule has 1 N–H and O–H groups in total. The smallest absolute Gasteiger partial charge is 0.254 e. The average Bonchev–Trinajstić information content (AvgIpc) is 3.46. The highest BCUT2D eigenvalue weighted by atomic mass is 16.3. The zero-order valence-electron chi connectivity index (χ0n) is 18.4. The van der Waals surface area contributed by atoms with Crippen molar-refractivity contribution in [3.05, 3.63) is 90.1 Å². The van der Waals surface area contributed by atoms with Gasteiger partial charge in [0.15, 0.2) is 5.76 Å². The highest BCUT2D eigenvalue weighted by molar-refractivity contribution is 5.95. The molecule has 1 aliphatic rings. The van der Waals surface area contributed by atoms with Crippen LogP contribution in [0, 0.1) is 0 Å². The number of aromatic nitrogens is 5. The van der Waals surface area contributed by atoms with Gasteiger partial charge in [-0.15, -0.1) is 0 Å².